The number of nitrogens with one attached hydrogen (secondary N) is 1. The van der Waals surface area contributed by atoms with Gasteiger partial charge in [0.15, 0.2) is 0 Å². The lowest BCUT2D eigenvalue weighted by molar-refractivity contribution is -0.142. The number of nitrogens with zero attached hydrogens (tertiary/aromatic N) is 2. The lowest BCUT2D eigenvalue weighted by Gasteiger charge is -2.45. The van der Waals surface area contributed by atoms with Gasteiger partial charge in [-0.05, 0) is 50.5 Å². The molecule has 1 aliphatic heterocycles. The average molecular weight is 450 g/mol. The third-order valence-corrected chi connectivity index (χ3v) is 7.03. The van der Waals surface area contributed by atoms with E-state index in [1.165, 1.54) is 13.3 Å². The first kappa shape index (κ1) is 26.4. The first-order valence-corrected chi connectivity index (χ1v) is 12.1. The molecule has 2 amide bonds. The third-order valence-electron chi connectivity index (χ3n) is 7.03. The number of carboxylic acids is 1. The summed E-state index contributed by atoms with van der Waals surface area (Å²) in [4.78, 5) is 42.3. The predicted molar refractivity (Wildman–Crippen MR) is 126 cm³/mol. The first-order valence-electron chi connectivity index (χ1n) is 12.1. The quantitative estimate of drug-likeness (QED) is 0.554. The van der Waals surface area contributed by atoms with Crippen LogP contribution in [-0.2, 0) is 14.4 Å². The minimum Gasteiger partial charge on any atom is -0.478 e. The van der Waals surface area contributed by atoms with Gasteiger partial charge < -0.3 is 15.3 Å². The van der Waals surface area contributed by atoms with E-state index in [4.69, 9.17) is 0 Å². The molecule has 2 aliphatic rings. The van der Waals surface area contributed by atoms with Crippen molar-refractivity contribution in [1.82, 2.24) is 15.1 Å². The standard InChI is InChI=1S/C25H43N3O4/c1-16(2)20(15-17(3)24(31)32)27(7)23(30)21(25(4,5)6)26-22(29)19-13-8-9-14-28(19)18-11-10-12-18/h15-16,18-21H,8-14H2,1-7H3,(H,26,29)(H,31,32)/b17-15+. The summed E-state index contributed by atoms with van der Waals surface area (Å²) in [7, 11) is 1.70. The number of amides is 2. The van der Waals surface area contributed by atoms with Crippen LogP contribution >= 0.6 is 0 Å². The highest BCUT2D eigenvalue weighted by Gasteiger charge is 2.41. The molecule has 1 saturated carbocycles. The summed E-state index contributed by atoms with van der Waals surface area (Å²) in [6, 6.07) is -0.745. The maximum Gasteiger partial charge on any atom is 0.331 e. The van der Waals surface area contributed by atoms with Gasteiger partial charge in [-0.3, -0.25) is 14.5 Å². The number of likely N-dealkylation sites (N-methyl/N-ethyl adjacent to an activating group) is 1. The van der Waals surface area contributed by atoms with Crippen LogP contribution in [0.1, 0.15) is 80.1 Å². The van der Waals surface area contributed by atoms with E-state index in [1.54, 1.807) is 18.0 Å². The molecule has 182 valence electrons. The molecule has 1 heterocycles. The number of likely N-dealkylation sites (tertiary alicyclic amines) is 1. The Bertz CT molecular complexity index is 721. The second-order valence-electron chi connectivity index (χ2n) is 11.0. The van der Waals surface area contributed by atoms with E-state index in [0.717, 1.165) is 38.6 Å². The molecule has 0 aromatic carbocycles. The Balaban J connectivity index is 2.22. The molecule has 0 spiro atoms. The summed E-state index contributed by atoms with van der Waals surface area (Å²) in [5.74, 6) is -1.21. The summed E-state index contributed by atoms with van der Waals surface area (Å²) in [5, 5.41) is 12.4. The fourth-order valence-corrected chi connectivity index (χ4v) is 4.71. The Kier molecular flexibility index (Phi) is 8.91. The smallest absolute Gasteiger partial charge is 0.331 e. The molecular formula is C25H43N3O4. The van der Waals surface area contributed by atoms with Gasteiger partial charge in [0.05, 0.1) is 12.1 Å². The number of rotatable bonds is 8. The van der Waals surface area contributed by atoms with E-state index < -0.39 is 17.4 Å². The fraction of sp³-hybridized carbons (Fsp3) is 0.800. The highest BCUT2D eigenvalue weighted by atomic mass is 16.4. The molecule has 1 saturated heterocycles. The monoisotopic (exact) mass is 449 g/mol. The van der Waals surface area contributed by atoms with Crippen LogP contribution in [0.15, 0.2) is 11.6 Å². The second-order valence-corrected chi connectivity index (χ2v) is 11.0. The van der Waals surface area contributed by atoms with Gasteiger partial charge in [0.2, 0.25) is 11.8 Å². The topological polar surface area (TPSA) is 90.0 Å². The van der Waals surface area contributed by atoms with E-state index in [-0.39, 0.29) is 35.4 Å². The largest absolute Gasteiger partial charge is 0.478 e. The van der Waals surface area contributed by atoms with Crippen LogP contribution in [0.3, 0.4) is 0 Å². The highest BCUT2D eigenvalue weighted by molar-refractivity contribution is 5.91. The molecule has 1 aliphatic carbocycles. The van der Waals surface area contributed by atoms with Crippen molar-refractivity contribution >= 4 is 17.8 Å². The van der Waals surface area contributed by atoms with E-state index in [0.29, 0.717) is 6.04 Å². The van der Waals surface area contributed by atoms with E-state index >= 15 is 0 Å². The maximum absolute atomic E-state index is 13.6. The molecule has 0 bridgehead atoms. The highest BCUT2D eigenvalue weighted by Crippen LogP contribution is 2.31. The lowest BCUT2D eigenvalue weighted by atomic mass is 9.84. The molecule has 0 aromatic rings. The van der Waals surface area contributed by atoms with Crippen LogP contribution in [0.2, 0.25) is 0 Å². The van der Waals surface area contributed by atoms with Gasteiger partial charge in [0.25, 0.3) is 0 Å². The van der Waals surface area contributed by atoms with Crippen LogP contribution in [0.4, 0.5) is 0 Å². The van der Waals surface area contributed by atoms with Crippen LogP contribution in [0.25, 0.3) is 0 Å². The number of piperidine rings is 1. The lowest BCUT2D eigenvalue weighted by Crippen LogP contribution is -2.61. The van der Waals surface area contributed by atoms with E-state index in [1.807, 2.05) is 34.6 Å². The van der Waals surface area contributed by atoms with Gasteiger partial charge in [0, 0.05) is 18.7 Å². The van der Waals surface area contributed by atoms with Crippen molar-refractivity contribution in [1.29, 1.82) is 0 Å². The number of hydrogen-bond donors (Lipinski definition) is 2. The number of hydrogen-bond acceptors (Lipinski definition) is 4. The summed E-state index contributed by atoms with van der Waals surface area (Å²) >= 11 is 0. The Morgan fingerprint density at radius 2 is 1.72 bits per heavy atom. The van der Waals surface area contributed by atoms with Gasteiger partial charge in [-0.15, -0.1) is 0 Å². The van der Waals surface area contributed by atoms with Gasteiger partial charge in [-0.1, -0.05) is 53.5 Å². The summed E-state index contributed by atoms with van der Waals surface area (Å²) in [5.41, 5.74) is -0.276. The second kappa shape index (κ2) is 10.8. The van der Waals surface area contributed by atoms with Crippen molar-refractivity contribution in [3.63, 3.8) is 0 Å². The van der Waals surface area contributed by atoms with Gasteiger partial charge >= 0.3 is 5.97 Å². The first-order chi connectivity index (χ1) is 14.8. The zero-order chi connectivity index (χ0) is 24.2. The molecule has 3 atom stereocenters. The molecule has 0 aromatic heterocycles. The number of aliphatic carboxylic acids is 1. The molecule has 7 heteroatoms. The van der Waals surface area contributed by atoms with Crippen molar-refractivity contribution in [2.75, 3.05) is 13.6 Å². The maximum atomic E-state index is 13.6. The van der Waals surface area contributed by atoms with Crippen LogP contribution in [0, 0.1) is 11.3 Å². The molecular weight excluding hydrogens is 406 g/mol. The van der Waals surface area contributed by atoms with Gasteiger partial charge in [-0.25, -0.2) is 4.79 Å². The van der Waals surface area contributed by atoms with Crippen molar-refractivity contribution in [2.24, 2.45) is 11.3 Å². The van der Waals surface area contributed by atoms with Crippen LogP contribution < -0.4 is 5.32 Å². The fourth-order valence-electron chi connectivity index (χ4n) is 4.71. The Labute approximate surface area is 193 Å². The Hall–Kier alpha value is -1.89. The summed E-state index contributed by atoms with van der Waals surface area (Å²) in [6.07, 6.45) is 8.15. The molecule has 2 fully saturated rings. The van der Waals surface area contributed by atoms with Crippen molar-refractivity contribution in [3.8, 4) is 0 Å². The van der Waals surface area contributed by atoms with Crippen LogP contribution in [0.5, 0.6) is 0 Å². The minimum atomic E-state index is -0.995. The number of carbonyl (C=O) groups is 3. The zero-order valence-electron chi connectivity index (χ0n) is 21.0. The van der Waals surface area contributed by atoms with Crippen molar-refractivity contribution in [3.05, 3.63) is 11.6 Å². The van der Waals surface area contributed by atoms with Gasteiger partial charge in [-0.2, -0.15) is 0 Å². The number of carboxylic acid groups (broad SMARTS) is 1. The van der Waals surface area contributed by atoms with Crippen molar-refractivity contribution < 1.29 is 19.5 Å². The molecule has 3 unspecified atom stereocenters. The average Bonchev–Trinajstić information content (AvgIpc) is 2.66. The summed E-state index contributed by atoms with van der Waals surface area (Å²) < 4.78 is 0. The van der Waals surface area contributed by atoms with Gasteiger partial charge in [0.1, 0.15) is 6.04 Å². The molecule has 2 rings (SSSR count). The van der Waals surface area contributed by atoms with Crippen molar-refractivity contribution in [2.45, 2.75) is 104 Å². The van der Waals surface area contributed by atoms with Crippen LogP contribution in [-0.4, -0.2) is 70.4 Å². The van der Waals surface area contributed by atoms with E-state index in [9.17, 15) is 19.5 Å². The summed E-state index contributed by atoms with van der Waals surface area (Å²) in [6.45, 7) is 12.3. The van der Waals surface area contributed by atoms with E-state index in [2.05, 4.69) is 10.2 Å². The third kappa shape index (κ3) is 6.33. The Morgan fingerprint density at radius 1 is 1.09 bits per heavy atom. The predicted octanol–water partition coefficient (Wildman–Crippen LogP) is 3.44. The SMILES string of the molecule is C/C(=C\C(C(C)C)N(C)C(=O)C(NC(=O)C1CCCCN1C1CCC1)C(C)(C)C)C(=O)O. The molecule has 32 heavy (non-hydrogen) atoms. The normalized spacial score (nSPS) is 22.8. The zero-order valence-corrected chi connectivity index (χ0v) is 21.0. The Morgan fingerprint density at radius 3 is 2.19 bits per heavy atom. The minimum absolute atomic E-state index is 0.0297. The number of carbonyl (C=O) groups excluding carboxylic acids is 2. The molecule has 0 radical (unpaired) electrons. The molecule has 2 N–H and O–H groups in total. The molecule has 7 nitrogen and oxygen atoms in total.